The zero-order valence-corrected chi connectivity index (χ0v) is 35.4. The van der Waals surface area contributed by atoms with Crippen molar-refractivity contribution >= 4 is 39.0 Å². The first-order valence-corrected chi connectivity index (χ1v) is 21.8. The van der Waals surface area contributed by atoms with Gasteiger partial charge in [-0.25, -0.2) is 0 Å². The van der Waals surface area contributed by atoms with Gasteiger partial charge in [0.25, 0.3) is 0 Å². The summed E-state index contributed by atoms with van der Waals surface area (Å²) in [6, 6.07) is 73.6. The molecule has 1 aromatic heterocycles. The molecule has 2 aliphatic carbocycles. The molecule has 0 saturated carbocycles. The molecule has 2 aliphatic rings. The van der Waals surface area contributed by atoms with Gasteiger partial charge in [-0.15, -0.1) is 0 Å². The van der Waals surface area contributed by atoms with E-state index in [1.54, 1.807) is 0 Å². The van der Waals surface area contributed by atoms with Crippen molar-refractivity contribution in [3.63, 3.8) is 0 Å². The Bertz CT molecular complexity index is 3420. The minimum absolute atomic E-state index is 0.102. The van der Waals surface area contributed by atoms with Crippen molar-refractivity contribution in [3.8, 4) is 55.6 Å². The van der Waals surface area contributed by atoms with Crippen molar-refractivity contribution in [3.05, 3.63) is 222 Å². The van der Waals surface area contributed by atoms with E-state index < -0.39 is 0 Å². The van der Waals surface area contributed by atoms with Crippen molar-refractivity contribution in [2.45, 2.75) is 38.5 Å². The van der Waals surface area contributed by atoms with Gasteiger partial charge >= 0.3 is 0 Å². The second kappa shape index (κ2) is 13.5. The molecule has 0 unspecified atom stereocenters. The molecule has 9 aromatic carbocycles. The zero-order valence-electron chi connectivity index (χ0n) is 35.4. The summed E-state index contributed by atoms with van der Waals surface area (Å²) in [6.07, 6.45) is 0. The summed E-state index contributed by atoms with van der Waals surface area (Å²) in [5.74, 6) is 0. The molecule has 12 rings (SSSR count). The topological polar surface area (TPSA) is 16.4 Å². The zero-order chi connectivity index (χ0) is 41.7. The van der Waals surface area contributed by atoms with Gasteiger partial charge in [-0.1, -0.05) is 179 Å². The lowest BCUT2D eigenvalue weighted by atomic mass is 9.79. The Morgan fingerprint density at radius 2 is 0.935 bits per heavy atom. The maximum Gasteiger partial charge on any atom is 0.136 e. The van der Waals surface area contributed by atoms with E-state index in [0.717, 1.165) is 50.1 Å². The fourth-order valence-electron chi connectivity index (χ4n) is 10.9. The number of hydrogen-bond donors (Lipinski definition) is 0. The van der Waals surface area contributed by atoms with E-state index in [2.05, 4.69) is 221 Å². The van der Waals surface area contributed by atoms with E-state index in [0.29, 0.717) is 0 Å². The van der Waals surface area contributed by atoms with Crippen LogP contribution in [0.15, 0.2) is 205 Å². The summed E-state index contributed by atoms with van der Waals surface area (Å²) in [5.41, 5.74) is 22.9. The molecule has 0 bridgehead atoms. The molecule has 0 saturated heterocycles. The number of nitrogens with zero attached hydrogens (tertiary/aromatic N) is 1. The summed E-state index contributed by atoms with van der Waals surface area (Å²) in [4.78, 5) is 2.45. The third-order valence-corrected chi connectivity index (χ3v) is 13.9. The molecule has 1 heterocycles. The van der Waals surface area contributed by atoms with Crippen LogP contribution in [0.2, 0.25) is 0 Å². The molecule has 62 heavy (non-hydrogen) atoms. The van der Waals surface area contributed by atoms with Crippen LogP contribution in [0.25, 0.3) is 77.6 Å². The largest absolute Gasteiger partial charge is 0.456 e. The first kappa shape index (κ1) is 36.4. The molecular weight excluding hydrogens is 751 g/mol. The molecule has 0 aliphatic heterocycles. The van der Waals surface area contributed by atoms with E-state index in [4.69, 9.17) is 4.42 Å². The Labute approximate surface area is 363 Å². The van der Waals surface area contributed by atoms with Gasteiger partial charge in [0.2, 0.25) is 0 Å². The van der Waals surface area contributed by atoms with Gasteiger partial charge in [-0.2, -0.15) is 0 Å². The van der Waals surface area contributed by atoms with Crippen molar-refractivity contribution in [1.29, 1.82) is 0 Å². The van der Waals surface area contributed by atoms with Crippen LogP contribution in [0.4, 0.5) is 17.1 Å². The van der Waals surface area contributed by atoms with Crippen molar-refractivity contribution < 1.29 is 4.42 Å². The Morgan fingerprint density at radius 3 is 1.77 bits per heavy atom. The highest BCUT2D eigenvalue weighted by atomic mass is 16.3. The second-order valence-electron chi connectivity index (χ2n) is 18.1. The van der Waals surface area contributed by atoms with Crippen LogP contribution >= 0.6 is 0 Å². The van der Waals surface area contributed by atoms with Crippen LogP contribution in [0.3, 0.4) is 0 Å². The highest BCUT2D eigenvalue weighted by Gasteiger charge is 2.38. The van der Waals surface area contributed by atoms with E-state index in [9.17, 15) is 0 Å². The van der Waals surface area contributed by atoms with Gasteiger partial charge in [-0.3, -0.25) is 0 Å². The van der Waals surface area contributed by atoms with Gasteiger partial charge in [0.1, 0.15) is 11.2 Å². The first-order chi connectivity index (χ1) is 30.3. The average Bonchev–Trinajstić information content (AvgIpc) is 3.89. The molecule has 0 N–H and O–H groups in total. The lowest BCUT2D eigenvalue weighted by Crippen LogP contribution is -2.16. The van der Waals surface area contributed by atoms with Gasteiger partial charge in [0, 0.05) is 38.5 Å². The Hall–Kier alpha value is -7.42. The summed E-state index contributed by atoms with van der Waals surface area (Å²) < 4.78 is 6.37. The first-order valence-electron chi connectivity index (χ1n) is 21.8. The Balaban J connectivity index is 1.03. The smallest absolute Gasteiger partial charge is 0.136 e. The molecule has 0 spiro atoms. The third kappa shape index (κ3) is 5.36. The fraction of sp³-hybridized carbons (Fsp3) is 0.100. The second-order valence-corrected chi connectivity index (χ2v) is 18.1. The van der Waals surface area contributed by atoms with Crippen molar-refractivity contribution in [2.24, 2.45) is 0 Å². The number of para-hydroxylation sites is 2. The molecule has 2 nitrogen and oxygen atoms in total. The summed E-state index contributed by atoms with van der Waals surface area (Å²) in [7, 11) is 0. The number of hydrogen-bond acceptors (Lipinski definition) is 2. The summed E-state index contributed by atoms with van der Waals surface area (Å²) >= 11 is 0. The van der Waals surface area contributed by atoms with Crippen LogP contribution < -0.4 is 4.90 Å². The average molecular weight is 796 g/mol. The molecule has 296 valence electrons. The highest BCUT2D eigenvalue weighted by molar-refractivity contribution is 6.06. The van der Waals surface area contributed by atoms with Crippen molar-refractivity contribution in [1.82, 2.24) is 0 Å². The van der Waals surface area contributed by atoms with E-state index in [1.165, 1.54) is 66.8 Å². The van der Waals surface area contributed by atoms with Crippen LogP contribution in [-0.4, -0.2) is 0 Å². The molecule has 0 atom stereocenters. The number of furan rings is 1. The van der Waals surface area contributed by atoms with Gasteiger partial charge in [0.15, 0.2) is 0 Å². The van der Waals surface area contributed by atoms with E-state index >= 15 is 0 Å². The van der Waals surface area contributed by atoms with Crippen LogP contribution in [0.5, 0.6) is 0 Å². The lowest BCUT2D eigenvalue weighted by molar-refractivity contribution is 0.660. The quantitative estimate of drug-likeness (QED) is 0.167. The van der Waals surface area contributed by atoms with E-state index in [1.807, 2.05) is 12.1 Å². The Kier molecular flexibility index (Phi) is 7.96. The summed E-state index contributed by atoms with van der Waals surface area (Å²) in [6.45, 7) is 9.45. The number of anilines is 3. The molecule has 2 heteroatoms. The van der Waals surface area contributed by atoms with E-state index in [-0.39, 0.29) is 10.8 Å². The molecule has 10 aromatic rings. The van der Waals surface area contributed by atoms with Crippen LogP contribution in [0, 0.1) is 0 Å². The minimum atomic E-state index is -0.110. The predicted molar refractivity (Wildman–Crippen MR) is 260 cm³/mol. The Morgan fingerprint density at radius 1 is 0.355 bits per heavy atom. The fourth-order valence-corrected chi connectivity index (χ4v) is 10.9. The van der Waals surface area contributed by atoms with Gasteiger partial charge in [0.05, 0.1) is 5.69 Å². The SMILES string of the molecule is CC1(C)c2ccccc2-c2c(-c3ccccc3N(c3ccc(-c4cccc5c4C(C)(C)c4ccccc4-5)cc3)c3cccc(-c4ccc5c(c4)oc4ccccc45)c3)cccc21. The van der Waals surface area contributed by atoms with Gasteiger partial charge < -0.3 is 9.32 Å². The normalized spacial score (nSPS) is 14.1. The summed E-state index contributed by atoms with van der Waals surface area (Å²) in [5, 5.41) is 2.27. The third-order valence-electron chi connectivity index (χ3n) is 13.9. The monoisotopic (exact) mass is 795 g/mol. The number of fused-ring (bicyclic) bond motifs is 9. The maximum absolute atomic E-state index is 6.37. The molecular formula is C60H45NO. The number of benzene rings is 9. The standard InChI is InChI=1S/C60H45NO/c1-59(2)52-26-10-6-21-50(52)57-48(23-15-27-53(57)59)45-19-7-11-28-54(45)61(42-17-13-16-39(36-42)40-32-35-47-46-20-8-12-29-55(46)62-56(47)37-40)41-33-30-38(31-34-41)43-22-14-24-49-44-18-5-9-25-51(44)60(3,4)58(43)49/h5-37H,1-4H3. The molecule has 0 amide bonds. The van der Waals surface area contributed by atoms with Crippen LogP contribution in [0.1, 0.15) is 49.9 Å². The van der Waals surface area contributed by atoms with Crippen LogP contribution in [-0.2, 0) is 10.8 Å². The molecule has 0 fully saturated rings. The lowest BCUT2D eigenvalue weighted by Gasteiger charge is -2.29. The molecule has 0 radical (unpaired) electrons. The minimum Gasteiger partial charge on any atom is -0.456 e. The van der Waals surface area contributed by atoms with Crippen molar-refractivity contribution in [2.75, 3.05) is 4.90 Å². The predicted octanol–water partition coefficient (Wildman–Crippen LogP) is 16.7. The maximum atomic E-state index is 6.37. The highest BCUT2D eigenvalue weighted by Crippen LogP contribution is 2.55. The van der Waals surface area contributed by atoms with Gasteiger partial charge in [-0.05, 0) is 121 Å². The number of rotatable bonds is 6.